The number of aryl methyl sites for hydroxylation is 1. The van der Waals surface area contributed by atoms with Crippen LogP contribution in [0.25, 0.3) is 0 Å². The van der Waals surface area contributed by atoms with Gasteiger partial charge in [0.15, 0.2) is 0 Å². The van der Waals surface area contributed by atoms with Gasteiger partial charge in [-0.1, -0.05) is 13.8 Å². The van der Waals surface area contributed by atoms with Gasteiger partial charge in [-0.3, -0.25) is 5.32 Å². The van der Waals surface area contributed by atoms with Crippen molar-refractivity contribution in [3.63, 3.8) is 0 Å². The zero-order chi connectivity index (χ0) is 12.8. The van der Waals surface area contributed by atoms with Gasteiger partial charge in [0.05, 0.1) is 12.1 Å². The minimum Gasteiger partial charge on any atom is -0.335 e. The molecule has 1 aromatic rings. The maximum atomic E-state index is 9.04. The fourth-order valence-corrected chi connectivity index (χ4v) is 1.87. The summed E-state index contributed by atoms with van der Waals surface area (Å²) in [5.41, 5.74) is 0. The first kappa shape index (κ1) is 13.7. The Labute approximate surface area is 104 Å². The smallest absolute Gasteiger partial charge is 0.111 e. The lowest BCUT2D eigenvalue weighted by atomic mass is 10.2. The van der Waals surface area contributed by atoms with Gasteiger partial charge in [0, 0.05) is 30.9 Å². The molecule has 4 heteroatoms. The Morgan fingerprint density at radius 2 is 2.12 bits per heavy atom. The van der Waals surface area contributed by atoms with Crippen molar-refractivity contribution in [2.75, 3.05) is 0 Å². The van der Waals surface area contributed by atoms with Gasteiger partial charge in [0.1, 0.15) is 5.82 Å². The van der Waals surface area contributed by atoms with Crippen molar-refractivity contribution < 1.29 is 0 Å². The summed E-state index contributed by atoms with van der Waals surface area (Å²) < 4.78 is 2.14. The molecule has 0 amide bonds. The Bertz CT molecular complexity index is 373. The van der Waals surface area contributed by atoms with Crippen molar-refractivity contribution >= 4 is 0 Å². The molecule has 1 rings (SSSR count). The first-order valence-electron chi connectivity index (χ1n) is 6.21. The minimum absolute atomic E-state index is 0.0857. The van der Waals surface area contributed by atoms with E-state index >= 15 is 0 Å². The molecular formula is C13H22N4. The summed E-state index contributed by atoms with van der Waals surface area (Å²) >= 11 is 0. The molecule has 0 bridgehead atoms. The standard InChI is InChI=1S/C13H22N4/c1-10(2)13-15-6-8-17(13)7-5-12(9-14)16-11(3)4/h6,8,10-12,16H,5,7H2,1-4H3. The normalized spacial score (nSPS) is 13.0. The van der Waals surface area contributed by atoms with Gasteiger partial charge >= 0.3 is 0 Å². The third-order valence-electron chi connectivity index (χ3n) is 2.61. The summed E-state index contributed by atoms with van der Waals surface area (Å²) in [7, 11) is 0. The fourth-order valence-electron chi connectivity index (χ4n) is 1.87. The van der Waals surface area contributed by atoms with Gasteiger partial charge in [-0.2, -0.15) is 5.26 Å². The summed E-state index contributed by atoms with van der Waals surface area (Å²) in [5.74, 6) is 1.51. The maximum Gasteiger partial charge on any atom is 0.111 e. The number of nitrogens with one attached hydrogen (secondary N) is 1. The second-order valence-corrected chi connectivity index (χ2v) is 4.93. The van der Waals surface area contributed by atoms with Gasteiger partial charge in [0.2, 0.25) is 0 Å². The van der Waals surface area contributed by atoms with Crippen LogP contribution in [-0.4, -0.2) is 21.6 Å². The molecule has 0 radical (unpaired) electrons. The quantitative estimate of drug-likeness (QED) is 0.821. The Kier molecular flexibility index (Phi) is 5.17. The Hall–Kier alpha value is -1.34. The molecular weight excluding hydrogens is 212 g/mol. The number of imidazole rings is 1. The predicted molar refractivity (Wildman–Crippen MR) is 68.6 cm³/mol. The van der Waals surface area contributed by atoms with Crippen LogP contribution in [-0.2, 0) is 6.54 Å². The molecule has 0 saturated carbocycles. The lowest BCUT2D eigenvalue weighted by Crippen LogP contribution is -2.34. The van der Waals surface area contributed by atoms with E-state index in [9.17, 15) is 0 Å². The van der Waals surface area contributed by atoms with E-state index in [1.165, 1.54) is 0 Å². The molecule has 0 aliphatic heterocycles. The molecule has 17 heavy (non-hydrogen) atoms. The van der Waals surface area contributed by atoms with Crippen LogP contribution in [0.2, 0.25) is 0 Å². The Morgan fingerprint density at radius 3 is 2.65 bits per heavy atom. The van der Waals surface area contributed by atoms with Gasteiger partial charge in [0.25, 0.3) is 0 Å². The van der Waals surface area contributed by atoms with Gasteiger partial charge in [-0.15, -0.1) is 0 Å². The van der Waals surface area contributed by atoms with E-state index < -0.39 is 0 Å². The number of rotatable bonds is 6. The van der Waals surface area contributed by atoms with Gasteiger partial charge in [-0.25, -0.2) is 4.98 Å². The van der Waals surface area contributed by atoms with Crippen molar-refractivity contribution in [1.82, 2.24) is 14.9 Å². The molecule has 0 aromatic carbocycles. The molecule has 94 valence electrons. The predicted octanol–water partition coefficient (Wildman–Crippen LogP) is 2.29. The number of aromatic nitrogens is 2. The topological polar surface area (TPSA) is 53.6 Å². The van der Waals surface area contributed by atoms with Crippen LogP contribution in [0.15, 0.2) is 12.4 Å². The average molecular weight is 234 g/mol. The van der Waals surface area contributed by atoms with Crippen LogP contribution in [0.3, 0.4) is 0 Å². The van der Waals surface area contributed by atoms with Crippen LogP contribution in [0, 0.1) is 11.3 Å². The number of hydrogen-bond donors (Lipinski definition) is 1. The van der Waals surface area contributed by atoms with E-state index in [0.717, 1.165) is 18.8 Å². The molecule has 0 aliphatic rings. The molecule has 1 atom stereocenters. The average Bonchev–Trinajstić information content (AvgIpc) is 2.71. The molecule has 1 N–H and O–H groups in total. The highest BCUT2D eigenvalue weighted by molar-refractivity contribution is 4.98. The highest BCUT2D eigenvalue weighted by atomic mass is 15.1. The molecule has 0 fully saturated rings. The molecule has 1 unspecified atom stereocenters. The fraction of sp³-hybridized carbons (Fsp3) is 0.692. The van der Waals surface area contributed by atoms with Crippen LogP contribution in [0.4, 0.5) is 0 Å². The monoisotopic (exact) mass is 234 g/mol. The molecule has 1 aromatic heterocycles. The van der Waals surface area contributed by atoms with Crippen molar-refractivity contribution in [3.05, 3.63) is 18.2 Å². The summed E-state index contributed by atoms with van der Waals surface area (Å²) in [4.78, 5) is 4.34. The van der Waals surface area contributed by atoms with Crippen LogP contribution in [0.5, 0.6) is 0 Å². The lowest BCUT2D eigenvalue weighted by Gasteiger charge is -2.16. The van der Waals surface area contributed by atoms with Crippen LogP contribution < -0.4 is 5.32 Å². The number of nitriles is 1. The zero-order valence-electron chi connectivity index (χ0n) is 11.1. The summed E-state index contributed by atoms with van der Waals surface area (Å²) in [6, 6.07) is 2.55. The van der Waals surface area contributed by atoms with E-state index in [0.29, 0.717) is 12.0 Å². The highest BCUT2D eigenvalue weighted by Gasteiger charge is 2.11. The third-order valence-corrected chi connectivity index (χ3v) is 2.61. The Balaban J connectivity index is 2.54. The molecule has 4 nitrogen and oxygen atoms in total. The second-order valence-electron chi connectivity index (χ2n) is 4.93. The zero-order valence-corrected chi connectivity index (χ0v) is 11.1. The first-order chi connectivity index (χ1) is 8.04. The molecule has 0 spiro atoms. The summed E-state index contributed by atoms with van der Waals surface area (Å²) in [5, 5.41) is 12.3. The van der Waals surface area contributed by atoms with Crippen molar-refractivity contribution in [3.8, 4) is 6.07 Å². The molecule has 1 heterocycles. The van der Waals surface area contributed by atoms with Crippen LogP contribution >= 0.6 is 0 Å². The van der Waals surface area contributed by atoms with E-state index in [1.54, 1.807) is 0 Å². The van der Waals surface area contributed by atoms with Crippen molar-refractivity contribution in [2.24, 2.45) is 0 Å². The second kappa shape index (κ2) is 6.41. The lowest BCUT2D eigenvalue weighted by molar-refractivity contribution is 0.468. The SMILES string of the molecule is CC(C)NC(C#N)CCn1ccnc1C(C)C. The molecule has 0 saturated heterocycles. The van der Waals surface area contributed by atoms with E-state index in [1.807, 2.05) is 12.4 Å². The third kappa shape index (κ3) is 4.20. The van der Waals surface area contributed by atoms with Gasteiger partial charge in [-0.05, 0) is 20.3 Å². The largest absolute Gasteiger partial charge is 0.335 e. The van der Waals surface area contributed by atoms with E-state index in [4.69, 9.17) is 5.26 Å². The van der Waals surface area contributed by atoms with Crippen molar-refractivity contribution in [1.29, 1.82) is 5.26 Å². The first-order valence-corrected chi connectivity index (χ1v) is 6.21. The van der Waals surface area contributed by atoms with Gasteiger partial charge < -0.3 is 4.57 Å². The summed E-state index contributed by atoms with van der Waals surface area (Å²) in [6.45, 7) is 9.22. The minimum atomic E-state index is -0.0857. The highest BCUT2D eigenvalue weighted by Crippen LogP contribution is 2.12. The maximum absolute atomic E-state index is 9.04. The van der Waals surface area contributed by atoms with Crippen LogP contribution in [0.1, 0.15) is 45.9 Å². The van der Waals surface area contributed by atoms with Crippen molar-refractivity contribution in [2.45, 2.75) is 58.7 Å². The summed E-state index contributed by atoms with van der Waals surface area (Å²) in [6.07, 6.45) is 4.62. The van der Waals surface area contributed by atoms with E-state index in [-0.39, 0.29) is 6.04 Å². The number of nitrogens with zero attached hydrogens (tertiary/aromatic N) is 3. The number of hydrogen-bond acceptors (Lipinski definition) is 3. The van der Waals surface area contributed by atoms with E-state index in [2.05, 4.69) is 48.6 Å². The molecule has 0 aliphatic carbocycles. The Morgan fingerprint density at radius 1 is 1.41 bits per heavy atom.